The Bertz CT molecular complexity index is 1190. The largest absolute Gasteiger partial charge is 0.497 e. The Kier molecular flexibility index (Phi) is 8.07. The highest BCUT2D eigenvalue weighted by atomic mass is 32.2. The molecular formula is C26H30N4O4S. The Labute approximate surface area is 210 Å². The number of benzene rings is 2. The van der Waals surface area contributed by atoms with E-state index in [2.05, 4.69) is 17.1 Å². The summed E-state index contributed by atoms with van der Waals surface area (Å²) < 4.78 is 17.5. The van der Waals surface area contributed by atoms with Crippen molar-refractivity contribution < 1.29 is 19.0 Å². The monoisotopic (exact) mass is 494 g/mol. The maximum atomic E-state index is 13.0. The number of para-hydroxylation sites is 1. The molecule has 1 atom stereocenters. The fourth-order valence-electron chi connectivity index (χ4n) is 4.04. The van der Waals surface area contributed by atoms with E-state index in [9.17, 15) is 4.79 Å². The first-order valence-corrected chi connectivity index (χ1v) is 12.7. The first-order chi connectivity index (χ1) is 17.1. The van der Waals surface area contributed by atoms with Crippen LogP contribution in [0.3, 0.4) is 0 Å². The molecule has 2 heterocycles. The standard InChI is InChI=1S/C26H30N4O4S/c1-5-6-7-10-15-35-26-27-24-23(28-29-26)19-11-8-9-12-21(19)30(17(2)31)25(34-24)20-16-18(32-3)13-14-22(20)33-4/h8-9,11-14,16,25H,5-7,10,15H2,1-4H3. The molecule has 35 heavy (non-hydrogen) atoms. The van der Waals surface area contributed by atoms with E-state index >= 15 is 0 Å². The average Bonchev–Trinajstić information content (AvgIpc) is 3.02. The second kappa shape index (κ2) is 11.4. The van der Waals surface area contributed by atoms with Crippen LogP contribution in [0, 0.1) is 0 Å². The summed E-state index contributed by atoms with van der Waals surface area (Å²) in [6.07, 6.45) is 3.83. The van der Waals surface area contributed by atoms with E-state index in [1.807, 2.05) is 30.3 Å². The lowest BCUT2D eigenvalue weighted by molar-refractivity contribution is -0.118. The lowest BCUT2D eigenvalue weighted by Gasteiger charge is -2.30. The SMILES string of the molecule is CCCCCCSc1nnc2c(n1)OC(c1cc(OC)ccc1OC)N(C(C)=O)c1ccccc1-2. The number of thioether (sulfide) groups is 1. The van der Waals surface area contributed by atoms with Crippen molar-refractivity contribution in [3.8, 4) is 28.6 Å². The fourth-order valence-corrected chi connectivity index (χ4v) is 4.82. The Morgan fingerprint density at radius 1 is 1.09 bits per heavy atom. The summed E-state index contributed by atoms with van der Waals surface area (Å²) in [4.78, 5) is 19.3. The van der Waals surface area contributed by atoms with Crippen LogP contribution in [-0.4, -0.2) is 41.1 Å². The molecule has 9 heteroatoms. The molecule has 8 nitrogen and oxygen atoms in total. The number of ether oxygens (including phenoxy) is 3. The normalized spacial score (nSPS) is 14.4. The maximum Gasteiger partial charge on any atom is 0.247 e. The van der Waals surface area contributed by atoms with Crippen molar-refractivity contribution in [3.63, 3.8) is 0 Å². The van der Waals surface area contributed by atoms with Crippen molar-refractivity contribution in [1.82, 2.24) is 15.2 Å². The molecule has 4 rings (SSSR count). The number of anilines is 1. The first kappa shape index (κ1) is 24.8. The molecule has 1 amide bonds. The smallest absolute Gasteiger partial charge is 0.247 e. The van der Waals surface area contributed by atoms with Crippen molar-refractivity contribution >= 4 is 23.4 Å². The molecule has 2 aromatic carbocycles. The number of fused-ring (bicyclic) bond motifs is 3. The van der Waals surface area contributed by atoms with Crippen LogP contribution in [0.2, 0.25) is 0 Å². The molecule has 0 spiro atoms. The molecule has 1 aliphatic heterocycles. The van der Waals surface area contributed by atoms with Gasteiger partial charge in [0.2, 0.25) is 23.2 Å². The van der Waals surface area contributed by atoms with Gasteiger partial charge in [0.15, 0.2) is 5.69 Å². The third-order valence-corrected chi connectivity index (χ3v) is 6.71. The predicted molar refractivity (Wildman–Crippen MR) is 136 cm³/mol. The zero-order valence-electron chi connectivity index (χ0n) is 20.5. The van der Waals surface area contributed by atoms with Gasteiger partial charge in [-0.2, -0.15) is 4.98 Å². The number of aromatic nitrogens is 3. The van der Waals surface area contributed by atoms with E-state index < -0.39 is 6.23 Å². The zero-order valence-corrected chi connectivity index (χ0v) is 21.3. The number of unbranched alkanes of at least 4 members (excludes halogenated alkanes) is 3. The summed E-state index contributed by atoms with van der Waals surface area (Å²) in [5.74, 6) is 2.22. The Morgan fingerprint density at radius 3 is 2.66 bits per heavy atom. The van der Waals surface area contributed by atoms with E-state index in [0.717, 1.165) is 17.7 Å². The summed E-state index contributed by atoms with van der Waals surface area (Å²) in [5, 5.41) is 9.38. The lowest BCUT2D eigenvalue weighted by Crippen LogP contribution is -2.36. The van der Waals surface area contributed by atoms with Crippen molar-refractivity contribution in [3.05, 3.63) is 48.0 Å². The highest BCUT2D eigenvalue weighted by Gasteiger charge is 2.36. The first-order valence-electron chi connectivity index (χ1n) is 11.7. The molecular weight excluding hydrogens is 464 g/mol. The van der Waals surface area contributed by atoms with Gasteiger partial charge < -0.3 is 14.2 Å². The zero-order chi connectivity index (χ0) is 24.8. The number of amides is 1. The van der Waals surface area contributed by atoms with Crippen LogP contribution in [0.15, 0.2) is 47.6 Å². The van der Waals surface area contributed by atoms with E-state index in [0.29, 0.717) is 39.5 Å². The summed E-state index contributed by atoms with van der Waals surface area (Å²) in [5.41, 5.74) is 2.51. The summed E-state index contributed by atoms with van der Waals surface area (Å²) in [7, 11) is 3.17. The second-order valence-corrected chi connectivity index (χ2v) is 9.20. The summed E-state index contributed by atoms with van der Waals surface area (Å²) >= 11 is 1.56. The Morgan fingerprint density at radius 2 is 1.91 bits per heavy atom. The number of hydrogen-bond acceptors (Lipinski definition) is 8. The molecule has 1 unspecified atom stereocenters. The van der Waals surface area contributed by atoms with Gasteiger partial charge in [0.05, 0.1) is 25.5 Å². The quantitative estimate of drug-likeness (QED) is 0.278. The predicted octanol–water partition coefficient (Wildman–Crippen LogP) is 5.67. The van der Waals surface area contributed by atoms with Crippen molar-refractivity contribution in [1.29, 1.82) is 0 Å². The molecule has 0 N–H and O–H groups in total. The van der Waals surface area contributed by atoms with Crippen molar-refractivity contribution in [2.75, 3.05) is 24.9 Å². The van der Waals surface area contributed by atoms with Crippen LogP contribution >= 0.6 is 11.8 Å². The minimum absolute atomic E-state index is 0.196. The fraction of sp³-hybridized carbons (Fsp3) is 0.385. The highest BCUT2D eigenvalue weighted by molar-refractivity contribution is 7.99. The van der Waals surface area contributed by atoms with Crippen molar-refractivity contribution in [2.45, 2.75) is 50.9 Å². The van der Waals surface area contributed by atoms with Crippen LogP contribution in [0.4, 0.5) is 5.69 Å². The van der Waals surface area contributed by atoms with Gasteiger partial charge in [0.1, 0.15) is 11.5 Å². The second-order valence-electron chi connectivity index (χ2n) is 8.14. The van der Waals surface area contributed by atoms with Gasteiger partial charge in [-0.05, 0) is 30.7 Å². The van der Waals surface area contributed by atoms with E-state index in [1.165, 1.54) is 26.2 Å². The molecule has 0 saturated heterocycles. The van der Waals surface area contributed by atoms with Gasteiger partial charge in [-0.25, -0.2) is 0 Å². The summed E-state index contributed by atoms with van der Waals surface area (Å²) in [6, 6.07) is 12.9. The molecule has 0 saturated carbocycles. The van der Waals surface area contributed by atoms with Gasteiger partial charge in [-0.1, -0.05) is 56.1 Å². The number of nitrogens with zero attached hydrogens (tertiary/aromatic N) is 4. The summed E-state index contributed by atoms with van der Waals surface area (Å²) in [6.45, 7) is 3.70. The van der Waals surface area contributed by atoms with Crippen LogP contribution in [0.1, 0.15) is 51.3 Å². The van der Waals surface area contributed by atoms with Gasteiger partial charge in [0.25, 0.3) is 0 Å². The lowest BCUT2D eigenvalue weighted by atomic mass is 10.1. The number of rotatable bonds is 9. The van der Waals surface area contributed by atoms with Crippen LogP contribution < -0.4 is 19.1 Å². The maximum absolute atomic E-state index is 13.0. The minimum Gasteiger partial charge on any atom is -0.497 e. The van der Waals surface area contributed by atoms with Gasteiger partial charge in [-0.3, -0.25) is 9.69 Å². The molecule has 1 aromatic heterocycles. The molecule has 0 fully saturated rings. The van der Waals surface area contributed by atoms with Gasteiger partial charge >= 0.3 is 0 Å². The van der Waals surface area contributed by atoms with Gasteiger partial charge in [-0.15, -0.1) is 10.2 Å². The molecule has 0 aliphatic carbocycles. The third kappa shape index (κ3) is 5.35. The number of carbonyl (C=O) groups excluding carboxylic acids is 1. The van der Waals surface area contributed by atoms with Crippen LogP contribution in [0.25, 0.3) is 11.3 Å². The molecule has 1 aliphatic rings. The molecule has 3 aromatic rings. The number of carbonyl (C=O) groups is 1. The Balaban J connectivity index is 1.80. The average molecular weight is 495 g/mol. The number of hydrogen-bond donors (Lipinski definition) is 0. The molecule has 0 bridgehead atoms. The van der Waals surface area contributed by atoms with E-state index in [1.54, 1.807) is 43.0 Å². The van der Waals surface area contributed by atoms with Gasteiger partial charge in [0, 0.05) is 18.2 Å². The van der Waals surface area contributed by atoms with Crippen LogP contribution in [0.5, 0.6) is 17.4 Å². The topological polar surface area (TPSA) is 86.7 Å². The van der Waals surface area contributed by atoms with E-state index in [4.69, 9.17) is 19.2 Å². The molecule has 0 radical (unpaired) electrons. The van der Waals surface area contributed by atoms with Crippen molar-refractivity contribution in [2.24, 2.45) is 0 Å². The number of methoxy groups -OCH3 is 2. The van der Waals surface area contributed by atoms with E-state index in [-0.39, 0.29) is 5.91 Å². The molecule has 184 valence electrons. The minimum atomic E-state index is -0.848. The Hall–Kier alpha value is -3.33. The highest BCUT2D eigenvalue weighted by Crippen LogP contribution is 2.45. The third-order valence-electron chi connectivity index (χ3n) is 5.78. The van der Waals surface area contributed by atoms with Crippen LogP contribution in [-0.2, 0) is 4.79 Å².